The zero-order valence-corrected chi connectivity index (χ0v) is 11.9. The molecular weight excluding hydrogens is 248 g/mol. The maximum Gasteiger partial charge on any atom is 0.110 e. The molecule has 0 aromatic carbocycles. The lowest BCUT2D eigenvalue weighted by Crippen LogP contribution is -2.36. The second-order valence-electron chi connectivity index (χ2n) is 5.20. The monoisotopic (exact) mass is 268 g/mol. The Balaban J connectivity index is 1.67. The highest BCUT2D eigenvalue weighted by molar-refractivity contribution is 7.99. The summed E-state index contributed by atoms with van der Waals surface area (Å²) in [5, 5.41) is 7.39. The number of thioether (sulfide) groups is 1. The summed E-state index contributed by atoms with van der Waals surface area (Å²) in [6, 6.07) is 1.27. The lowest BCUT2D eigenvalue weighted by Gasteiger charge is -2.27. The fourth-order valence-electron chi connectivity index (χ4n) is 2.47. The number of nitrogens with zero attached hydrogens (tertiary/aromatic N) is 1. The van der Waals surface area contributed by atoms with E-state index in [0.717, 1.165) is 12.0 Å². The van der Waals surface area contributed by atoms with E-state index >= 15 is 0 Å². The topological polar surface area (TPSA) is 24.9 Å². The van der Waals surface area contributed by atoms with Gasteiger partial charge in [0.05, 0.1) is 6.04 Å². The molecule has 1 aliphatic heterocycles. The molecule has 0 radical (unpaired) electrons. The highest BCUT2D eigenvalue weighted by atomic mass is 32.2. The van der Waals surface area contributed by atoms with E-state index < -0.39 is 0 Å². The van der Waals surface area contributed by atoms with Gasteiger partial charge in [-0.15, -0.1) is 11.3 Å². The maximum atomic E-state index is 4.69. The van der Waals surface area contributed by atoms with Crippen LogP contribution in [0.2, 0.25) is 0 Å². The summed E-state index contributed by atoms with van der Waals surface area (Å²) in [7, 11) is 0. The number of rotatable bonds is 4. The number of nitrogens with one attached hydrogen (secondary N) is 1. The normalized spacial score (nSPS) is 23.8. The summed E-state index contributed by atoms with van der Waals surface area (Å²) < 4.78 is 0. The van der Waals surface area contributed by atoms with Crippen molar-refractivity contribution in [3.8, 4) is 0 Å². The average molecular weight is 268 g/mol. The minimum atomic E-state index is 0.543. The van der Waals surface area contributed by atoms with E-state index in [1.54, 1.807) is 0 Å². The third kappa shape index (κ3) is 3.04. The largest absolute Gasteiger partial charge is 0.305 e. The van der Waals surface area contributed by atoms with Crippen LogP contribution in [-0.4, -0.2) is 22.5 Å². The predicted molar refractivity (Wildman–Crippen MR) is 75.8 cm³/mol. The molecule has 0 spiro atoms. The molecule has 94 valence electrons. The van der Waals surface area contributed by atoms with Crippen molar-refractivity contribution < 1.29 is 0 Å². The van der Waals surface area contributed by atoms with Crippen molar-refractivity contribution in [2.75, 3.05) is 11.5 Å². The molecule has 1 atom stereocenters. The summed E-state index contributed by atoms with van der Waals surface area (Å²) in [4.78, 5) is 4.69. The molecule has 0 amide bonds. The van der Waals surface area contributed by atoms with Crippen molar-refractivity contribution in [3.63, 3.8) is 0 Å². The number of aryl methyl sites for hydroxylation is 1. The highest BCUT2D eigenvalue weighted by Crippen LogP contribution is 2.42. The van der Waals surface area contributed by atoms with Crippen LogP contribution >= 0.6 is 23.1 Å². The van der Waals surface area contributed by atoms with Crippen LogP contribution in [0.1, 0.15) is 42.4 Å². The molecule has 0 unspecified atom stereocenters. The van der Waals surface area contributed by atoms with E-state index in [-0.39, 0.29) is 0 Å². The van der Waals surface area contributed by atoms with Gasteiger partial charge in [0, 0.05) is 17.1 Å². The third-order valence-corrected chi connectivity index (χ3v) is 5.73. The lowest BCUT2D eigenvalue weighted by molar-refractivity contribution is 0.384. The molecule has 1 aromatic heterocycles. The van der Waals surface area contributed by atoms with Crippen molar-refractivity contribution >= 4 is 23.1 Å². The summed E-state index contributed by atoms with van der Waals surface area (Å²) in [6.45, 7) is 2.10. The Morgan fingerprint density at radius 3 is 2.65 bits per heavy atom. The standard InChI is InChI=1S/C13H20N2S2/c1-9-8-17-13(14-9)12(10-2-3-10)15-11-4-6-16-7-5-11/h8,10-12,15H,2-7H2,1H3/t12-/m0/s1. The summed E-state index contributed by atoms with van der Waals surface area (Å²) in [5.74, 6) is 3.51. The number of aromatic nitrogens is 1. The van der Waals surface area contributed by atoms with Gasteiger partial charge in [-0.05, 0) is 50.0 Å². The van der Waals surface area contributed by atoms with Gasteiger partial charge in [0.1, 0.15) is 5.01 Å². The zero-order valence-electron chi connectivity index (χ0n) is 10.3. The van der Waals surface area contributed by atoms with Crippen LogP contribution in [0, 0.1) is 12.8 Å². The molecule has 1 saturated carbocycles. The Morgan fingerprint density at radius 1 is 1.29 bits per heavy atom. The van der Waals surface area contributed by atoms with Crippen LogP contribution < -0.4 is 5.32 Å². The first-order valence-corrected chi connectivity index (χ1v) is 8.62. The Hall–Kier alpha value is -0.0600. The molecule has 3 rings (SSSR count). The van der Waals surface area contributed by atoms with E-state index in [1.165, 1.54) is 47.9 Å². The molecule has 2 nitrogen and oxygen atoms in total. The van der Waals surface area contributed by atoms with E-state index in [0.29, 0.717) is 6.04 Å². The van der Waals surface area contributed by atoms with Crippen molar-refractivity contribution in [1.29, 1.82) is 0 Å². The van der Waals surface area contributed by atoms with Gasteiger partial charge in [0.2, 0.25) is 0 Å². The van der Waals surface area contributed by atoms with Crippen molar-refractivity contribution in [1.82, 2.24) is 10.3 Å². The van der Waals surface area contributed by atoms with Crippen LogP contribution in [0.15, 0.2) is 5.38 Å². The van der Waals surface area contributed by atoms with Gasteiger partial charge in [0.25, 0.3) is 0 Å². The van der Waals surface area contributed by atoms with Gasteiger partial charge in [-0.25, -0.2) is 4.98 Å². The second kappa shape index (κ2) is 5.29. The van der Waals surface area contributed by atoms with E-state index in [1.807, 2.05) is 11.3 Å². The SMILES string of the molecule is Cc1csc([C@@H](NC2CCSCC2)C2CC2)n1. The third-order valence-electron chi connectivity index (χ3n) is 3.63. The fraction of sp³-hybridized carbons (Fsp3) is 0.769. The van der Waals surface area contributed by atoms with Gasteiger partial charge >= 0.3 is 0 Å². The Labute approximate surface area is 112 Å². The molecule has 2 heterocycles. The van der Waals surface area contributed by atoms with E-state index in [2.05, 4.69) is 34.4 Å². The summed E-state index contributed by atoms with van der Waals surface area (Å²) in [5.41, 5.74) is 1.18. The molecule has 1 N–H and O–H groups in total. The lowest BCUT2D eigenvalue weighted by atomic mass is 10.1. The highest BCUT2D eigenvalue weighted by Gasteiger charge is 2.35. The van der Waals surface area contributed by atoms with Crippen LogP contribution in [0.5, 0.6) is 0 Å². The minimum Gasteiger partial charge on any atom is -0.305 e. The predicted octanol–water partition coefficient (Wildman–Crippen LogP) is 3.39. The van der Waals surface area contributed by atoms with Gasteiger partial charge < -0.3 is 5.32 Å². The summed E-state index contributed by atoms with van der Waals surface area (Å²) in [6.07, 6.45) is 5.44. The van der Waals surface area contributed by atoms with Crippen molar-refractivity contribution in [2.45, 2.75) is 44.7 Å². The Kier molecular flexibility index (Phi) is 3.73. The first-order valence-electron chi connectivity index (χ1n) is 6.59. The Morgan fingerprint density at radius 2 is 2.06 bits per heavy atom. The molecule has 0 bridgehead atoms. The molecule has 2 aliphatic rings. The average Bonchev–Trinajstić information content (AvgIpc) is 3.10. The molecule has 2 fully saturated rings. The van der Waals surface area contributed by atoms with Gasteiger partial charge in [0.15, 0.2) is 0 Å². The van der Waals surface area contributed by atoms with E-state index in [4.69, 9.17) is 0 Å². The van der Waals surface area contributed by atoms with Crippen LogP contribution in [0.4, 0.5) is 0 Å². The Bertz CT molecular complexity index is 367. The summed E-state index contributed by atoms with van der Waals surface area (Å²) >= 11 is 3.93. The molecule has 1 aromatic rings. The second-order valence-corrected chi connectivity index (χ2v) is 7.31. The van der Waals surface area contributed by atoms with Crippen LogP contribution in [0.25, 0.3) is 0 Å². The van der Waals surface area contributed by atoms with E-state index in [9.17, 15) is 0 Å². The van der Waals surface area contributed by atoms with Crippen molar-refractivity contribution in [3.05, 3.63) is 16.1 Å². The van der Waals surface area contributed by atoms with Crippen molar-refractivity contribution in [2.24, 2.45) is 5.92 Å². The molecule has 1 aliphatic carbocycles. The van der Waals surface area contributed by atoms with Crippen LogP contribution in [-0.2, 0) is 0 Å². The van der Waals surface area contributed by atoms with Crippen LogP contribution in [0.3, 0.4) is 0 Å². The molecule has 1 saturated heterocycles. The minimum absolute atomic E-state index is 0.543. The number of hydrogen-bond donors (Lipinski definition) is 1. The van der Waals surface area contributed by atoms with Gasteiger partial charge in [-0.2, -0.15) is 11.8 Å². The van der Waals surface area contributed by atoms with Gasteiger partial charge in [-0.3, -0.25) is 0 Å². The number of thiazole rings is 1. The maximum absolute atomic E-state index is 4.69. The molecule has 4 heteroatoms. The van der Waals surface area contributed by atoms with Gasteiger partial charge in [-0.1, -0.05) is 0 Å². The molecular formula is C13H20N2S2. The fourth-order valence-corrected chi connectivity index (χ4v) is 4.53. The number of hydrogen-bond acceptors (Lipinski definition) is 4. The quantitative estimate of drug-likeness (QED) is 0.906. The first-order chi connectivity index (χ1) is 8.33. The smallest absolute Gasteiger partial charge is 0.110 e. The molecule has 17 heavy (non-hydrogen) atoms. The first kappa shape index (κ1) is 12.0. The zero-order chi connectivity index (χ0) is 11.7.